The van der Waals surface area contributed by atoms with E-state index in [1.54, 1.807) is 11.9 Å². The highest BCUT2D eigenvalue weighted by molar-refractivity contribution is 7.97. The number of rotatable bonds is 7. The molecule has 6 nitrogen and oxygen atoms in total. The summed E-state index contributed by atoms with van der Waals surface area (Å²) >= 11 is 1.62. The average Bonchev–Trinajstić information content (AvgIpc) is 3.21. The monoisotopic (exact) mass is 478 g/mol. The molecule has 4 rings (SSSR count). The van der Waals surface area contributed by atoms with Gasteiger partial charge >= 0.3 is 0 Å². The number of aromatic amines is 1. The van der Waals surface area contributed by atoms with E-state index in [4.69, 9.17) is 0 Å². The summed E-state index contributed by atoms with van der Waals surface area (Å²) < 4.78 is 2.17. The number of para-hydroxylation sites is 1. The molecule has 2 heterocycles. The van der Waals surface area contributed by atoms with Gasteiger partial charge in [0, 0.05) is 40.5 Å². The van der Waals surface area contributed by atoms with E-state index in [1.165, 1.54) is 0 Å². The van der Waals surface area contributed by atoms with Crippen LogP contribution in [0.5, 0.6) is 0 Å². The minimum absolute atomic E-state index is 0.0861. The van der Waals surface area contributed by atoms with Gasteiger partial charge in [0.15, 0.2) is 0 Å². The van der Waals surface area contributed by atoms with Crippen molar-refractivity contribution >= 4 is 34.7 Å². The first-order chi connectivity index (χ1) is 16.3. The van der Waals surface area contributed by atoms with Crippen molar-refractivity contribution in [1.82, 2.24) is 19.9 Å². The normalized spacial score (nSPS) is 17.9. The lowest BCUT2D eigenvalue weighted by Crippen LogP contribution is -2.56. The Morgan fingerprint density at radius 1 is 1.09 bits per heavy atom. The van der Waals surface area contributed by atoms with E-state index < -0.39 is 6.04 Å². The number of benzene rings is 2. The van der Waals surface area contributed by atoms with Crippen molar-refractivity contribution in [2.45, 2.75) is 69.0 Å². The van der Waals surface area contributed by atoms with Crippen molar-refractivity contribution in [3.05, 3.63) is 66.4 Å². The number of fused-ring (bicyclic) bond motifs is 1. The molecular weight excluding hydrogens is 444 g/mol. The maximum atomic E-state index is 13.5. The second-order valence-corrected chi connectivity index (χ2v) is 11.0. The quantitative estimate of drug-likeness (QED) is 0.431. The topological polar surface area (TPSA) is 77.2 Å². The molecule has 0 spiro atoms. The van der Waals surface area contributed by atoms with Crippen molar-refractivity contribution in [2.24, 2.45) is 0 Å². The Hall–Kier alpha value is -2.77. The molecule has 3 N–H and O–H groups in total. The lowest BCUT2D eigenvalue weighted by atomic mass is 10.0. The summed E-state index contributed by atoms with van der Waals surface area (Å²) in [6, 6.07) is 17.2. The van der Waals surface area contributed by atoms with Crippen LogP contribution in [0.3, 0.4) is 0 Å². The SMILES string of the molecule is CC(C)(C)NC(=O)C(Cc1c[nH]c2ccccc12)NC(=O)C1CCCCN1Sc1ccccc1. The third-order valence-electron chi connectivity index (χ3n) is 5.95. The van der Waals surface area contributed by atoms with E-state index >= 15 is 0 Å². The van der Waals surface area contributed by atoms with Crippen LogP contribution in [-0.4, -0.2) is 45.3 Å². The van der Waals surface area contributed by atoms with Gasteiger partial charge < -0.3 is 15.6 Å². The lowest BCUT2D eigenvalue weighted by Gasteiger charge is -2.34. The molecule has 1 aromatic heterocycles. The Morgan fingerprint density at radius 2 is 1.82 bits per heavy atom. The van der Waals surface area contributed by atoms with Gasteiger partial charge in [0.2, 0.25) is 11.8 Å². The van der Waals surface area contributed by atoms with Crippen molar-refractivity contribution in [2.75, 3.05) is 6.54 Å². The number of aromatic nitrogens is 1. The van der Waals surface area contributed by atoms with Gasteiger partial charge in [0.25, 0.3) is 0 Å². The number of H-pyrrole nitrogens is 1. The van der Waals surface area contributed by atoms with Crippen LogP contribution in [0.4, 0.5) is 0 Å². The van der Waals surface area contributed by atoms with E-state index in [0.29, 0.717) is 6.42 Å². The molecule has 3 aromatic rings. The van der Waals surface area contributed by atoms with Crippen LogP contribution in [-0.2, 0) is 16.0 Å². The van der Waals surface area contributed by atoms with E-state index in [-0.39, 0.29) is 23.4 Å². The van der Waals surface area contributed by atoms with Gasteiger partial charge in [-0.05, 0) is 69.3 Å². The third kappa shape index (κ3) is 6.21. The minimum Gasteiger partial charge on any atom is -0.361 e. The van der Waals surface area contributed by atoms with Crippen LogP contribution in [0.15, 0.2) is 65.7 Å². The van der Waals surface area contributed by atoms with E-state index in [2.05, 4.69) is 32.1 Å². The molecular formula is C27H34N4O2S. The van der Waals surface area contributed by atoms with E-state index in [1.807, 2.05) is 69.4 Å². The molecule has 34 heavy (non-hydrogen) atoms. The van der Waals surface area contributed by atoms with Gasteiger partial charge in [-0.2, -0.15) is 0 Å². The molecule has 2 unspecified atom stereocenters. The summed E-state index contributed by atoms with van der Waals surface area (Å²) in [5.41, 5.74) is 1.65. The second-order valence-electron chi connectivity index (χ2n) is 9.92. The zero-order valence-electron chi connectivity index (χ0n) is 20.1. The Balaban J connectivity index is 1.53. The summed E-state index contributed by atoms with van der Waals surface area (Å²) in [6.45, 7) is 6.71. The molecule has 1 fully saturated rings. The predicted molar refractivity (Wildman–Crippen MR) is 138 cm³/mol. The maximum absolute atomic E-state index is 13.5. The molecule has 180 valence electrons. The van der Waals surface area contributed by atoms with Crippen LogP contribution in [0, 0.1) is 0 Å². The van der Waals surface area contributed by atoms with Crippen LogP contribution in [0.2, 0.25) is 0 Å². The van der Waals surface area contributed by atoms with Crippen molar-refractivity contribution in [3.8, 4) is 0 Å². The zero-order valence-corrected chi connectivity index (χ0v) is 21.0. The molecule has 2 atom stereocenters. The zero-order chi connectivity index (χ0) is 24.1. The van der Waals surface area contributed by atoms with Gasteiger partial charge in [0.1, 0.15) is 6.04 Å². The smallest absolute Gasteiger partial charge is 0.243 e. The Morgan fingerprint density at radius 3 is 2.59 bits per heavy atom. The van der Waals surface area contributed by atoms with Crippen molar-refractivity contribution in [3.63, 3.8) is 0 Å². The number of piperidine rings is 1. The second kappa shape index (κ2) is 10.7. The van der Waals surface area contributed by atoms with Crippen molar-refractivity contribution < 1.29 is 9.59 Å². The summed E-state index contributed by atoms with van der Waals surface area (Å²) in [5.74, 6) is -0.249. The van der Waals surface area contributed by atoms with Crippen LogP contribution >= 0.6 is 11.9 Å². The van der Waals surface area contributed by atoms with Crippen LogP contribution < -0.4 is 10.6 Å². The van der Waals surface area contributed by atoms with E-state index in [0.717, 1.165) is 47.2 Å². The number of nitrogens with one attached hydrogen (secondary N) is 3. The maximum Gasteiger partial charge on any atom is 0.243 e. The van der Waals surface area contributed by atoms with Gasteiger partial charge in [-0.15, -0.1) is 0 Å². The summed E-state index contributed by atoms with van der Waals surface area (Å²) in [6.07, 6.45) is 5.22. The highest BCUT2D eigenvalue weighted by Gasteiger charge is 2.33. The number of hydrogen-bond acceptors (Lipinski definition) is 4. The first kappa shape index (κ1) is 24.4. The molecule has 0 bridgehead atoms. The number of carbonyl (C=O) groups is 2. The van der Waals surface area contributed by atoms with Gasteiger partial charge in [-0.3, -0.25) is 9.59 Å². The van der Waals surface area contributed by atoms with Gasteiger partial charge in [-0.25, -0.2) is 4.31 Å². The van der Waals surface area contributed by atoms with Gasteiger partial charge in [-0.1, -0.05) is 42.8 Å². The summed E-state index contributed by atoms with van der Waals surface area (Å²) in [5, 5.41) is 7.24. The average molecular weight is 479 g/mol. The number of amides is 2. The highest BCUT2D eigenvalue weighted by atomic mass is 32.2. The molecule has 1 aliphatic heterocycles. The molecule has 0 aliphatic carbocycles. The predicted octanol–water partition coefficient (Wildman–Crippen LogP) is 4.67. The largest absolute Gasteiger partial charge is 0.361 e. The molecule has 0 radical (unpaired) electrons. The number of carbonyl (C=O) groups excluding carboxylic acids is 2. The molecule has 1 aliphatic rings. The molecule has 1 saturated heterocycles. The fourth-order valence-corrected chi connectivity index (χ4v) is 5.45. The van der Waals surface area contributed by atoms with E-state index in [9.17, 15) is 9.59 Å². The van der Waals surface area contributed by atoms with Crippen LogP contribution in [0.25, 0.3) is 10.9 Å². The minimum atomic E-state index is -0.656. The van der Waals surface area contributed by atoms with Crippen molar-refractivity contribution in [1.29, 1.82) is 0 Å². The Bertz CT molecular complexity index is 1120. The number of nitrogens with zero attached hydrogens (tertiary/aromatic N) is 1. The number of hydrogen-bond donors (Lipinski definition) is 3. The fourth-order valence-electron chi connectivity index (χ4n) is 4.35. The molecule has 2 aromatic carbocycles. The molecule has 7 heteroatoms. The Labute approximate surface area is 206 Å². The summed E-state index contributed by atoms with van der Waals surface area (Å²) in [7, 11) is 0. The first-order valence-electron chi connectivity index (χ1n) is 12.0. The third-order valence-corrected chi connectivity index (χ3v) is 7.11. The lowest BCUT2D eigenvalue weighted by molar-refractivity contribution is -0.132. The summed E-state index contributed by atoms with van der Waals surface area (Å²) in [4.78, 5) is 31.2. The highest BCUT2D eigenvalue weighted by Crippen LogP contribution is 2.30. The first-order valence-corrected chi connectivity index (χ1v) is 12.7. The fraction of sp³-hybridized carbons (Fsp3) is 0.407. The molecule has 0 saturated carbocycles. The molecule has 2 amide bonds. The Kier molecular flexibility index (Phi) is 7.63. The van der Waals surface area contributed by atoms with Gasteiger partial charge in [0.05, 0.1) is 6.04 Å². The standard InChI is InChI=1S/C27H34N4O2S/c1-27(2,3)30-25(32)23(17-19-18-28-22-14-8-7-13-21(19)22)29-26(33)24-15-9-10-16-31(24)34-20-11-5-4-6-12-20/h4-8,11-14,18,23-24,28H,9-10,15-17H2,1-3H3,(H,29,33)(H,30,32). The van der Waals surface area contributed by atoms with Crippen LogP contribution in [0.1, 0.15) is 45.6 Å².